The zero-order chi connectivity index (χ0) is 16.7. The Labute approximate surface area is 128 Å². The largest absolute Gasteiger partial charge is 0.508 e. The zero-order valence-electron chi connectivity index (χ0n) is 12.5. The first kappa shape index (κ1) is 17.0. The predicted octanol–water partition coefficient (Wildman–Crippen LogP) is 2.67. The van der Waals surface area contributed by atoms with Crippen molar-refractivity contribution in [3.8, 4) is 0 Å². The molecule has 0 fully saturated rings. The molecule has 5 N–H and O–H groups in total. The summed E-state index contributed by atoms with van der Waals surface area (Å²) in [5.74, 6) is 0.552. The van der Waals surface area contributed by atoms with Gasteiger partial charge in [0.25, 0.3) is 0 Å². The summed E-state index contributed by atoms with van der Waals surface area (Å²) in [5, 5.41) is 10.1. The predicted molar refractivity (Wildman–Crippen MR) is 87.2 cm³/mol. The SMILES string of the molecule is C=C(\C=C/C(O)=C(C)/C(=C/C)N=C(N)N)c1ccc(C=O)o1. The van der Waals surface area contributed by atoms with Crippen molar-refractivity contribution in [1.82, 2.24) is 0 Å². The van der Waals surface area contributed by atoms with E-state index in [2.05, 4.69) is 11.6 Å². The van der Waals surface area contributed by atoms with Gasteiger partial charge in [-0.05, 0) is 38.1 Å². The van der Waals surface area contributed by atoms with E-state index < -0.39 is 0 Å². The minimum Gasteiger partial charge on any atom is -0.508 e. The second kappa shape index (κ2) is 7.68. The van der Waals surface area contributed by atoms with Gasteiger partial charge in [-0.1, -0.05) is 12.7 Å². The molecule has 1 aromatic rings. The minimum atomic E-state index is -0.0920. The molecule has 0 unspecified atom stereocenters. The Hall–Kier alpha value is -3.02. The number of hydrogen-bond donors (Lipinski definition) is 3. The van der Waals surface area contributed by atoms with Crippen LogP contribution < -0.4 is 11.5 Å². The number of allylic oxidation sites excluding steroid dienone is 5. The third-order valence-corrected chi connectivity index (χ3v) is 2.79. The second-order valence-corrected chi connectivity index (χ2v) is 4.40. The number of nitrogens with zero attached hydrogens (tertiary/aromatic N) is 1. The van der Waals surface area contributed by atoms with Gasteiger partial charge in [0, 0.05) is 11.1 Å². The van der Waals surface area contributed by atoms with Gasteiger partial charge in [-0.2, -0.15) is 0 Å². The number of aliphatic imine (C=N–C) groups is 1. The lowest BCUT2D eigenvalue weighted by atomic mass is 10.1. The van der Waals surface area contributed by atoms with Crippen LogP contribution in [0.4, 0.5) is 0 Å². The quantitative estimate of drug-likeness (QED) is 0.246. The van der Waals surface area contributed by atoms with Crippen molar-refractivity contribution in [1.29, 1.82) is 0 Å². The highest BCUT2D eigenvalue weighted by Gasteiger charge is 2.05. The van der Waals surface area contributed by atoms with Crippen molar-refractivity contribution in [2.24, 2.45) is 16.5 Å². The monoisotopic (exact) mass is 301 g/mol. The fourth-order valence-corrected chi connectivity index (χ4v) is 1.61. The standard InChI is InChI=1S/C16H19N3O3/c1-4-13(19-16(17)18)11(3)14(21)7-5-10(2)15-8-6-12(9-20)22-15/h4-9,21H,2H2,1,3H3,(H4,17,18,19)/b7-5-,13-4-,14-11-. The Kier molecular flexibility index (Phi) is 5.95. The molecule has 0 atom stereocenters. The highest BCUT2D eigenvalue weighted by molar-refractivity contribution is 5.77. The molecule has 6 nitrogen and oxygen atoms in total. The van der Waals surface area contributed by atoms with Crippen LogP contribution in [0.2, 0.25) is 0 Å². The van der Waals surface area contributed by atoms with Gasteiger partial charge in [-0.3, -0.25) is 4.79 Å². The molecule has 1 heterocycles. The first-order valence-corrected chi connectivity index (χ1v) is 6.47. The van der Waals surface area contributed by atoms with Crippen molar-refractivity contribution in [3.63, 3.8) is 0 Å². The average Bonchev–Trinajstić information content (AvgIpc) is 2.98. The van der Waals surface area contributed by atoms with Crippen molar-refractivity contribution in [2.45, 2.75) is 13.8 Å². The second-order valence-electron chi connectivity index (χ2n) is 4.40. The van der Waals surface area contributed by atoms with E-state index >= 15 is 0 Å². The Balaban J connectivity index is 2.96. The summed E-state index contributed by atoms with van der Waals surface area (Å²) in [6.45, 7) is 7.24. The Morgan fingerprint density at radius 2 is 2.05 bits per heavy atom. The van der Waals surface area contributed by atoms with Crippen LogP contribution >= 0.6 is 0 Å². The van der Waals surface area contributed by atoms with Crippen molar-refractivity contribution in [2.75, 3.05) is 0 Å². The number of nitrogens with two attached hydrogens (primary N) is 2. The fraction of sp³-hybridized carbons (Fsp3) is 0.125. The lowest BCUT2D eigenvalue weighted by Crippen LogP contribution is -2.22. The molecule has 0 amide bonds. The molecule has 1 rings (SSSR count). The van der Waals surface area contributed by atoms with Crippen LogP contribution in [0.15, 0.2) is 63.4 Å². The van der Waals surface area contributed by atoms with Gasteiger partial charge >= 0.3 is 0 Å². The molecular weight excluding hydrogens is 282 g/mol. The highest BCUT2D eigenvalue weighted by Crippen LogP contribution is 2.19. The number of aldehydes is 1. The van der Waals surface area contributed by atoms with Crippen molar-refractivity contribution >= 4 is 17.8 Å². The molecule has 0 bridgehead atoms. The number of hydrogen-bond acceptors (Lipinski definition) is 4. The molecule has 0 aliphatic heterocycles. The van der Waals surface area contributed by atoms with Crippen molar-refractivity contribution < 1.29 is 14.3 Å². The highest BCUT2D eigenvalue weighted by atomic mass is 16.3. The zero-order valence-corrected chi connectivity index (χ0v) is 12.5. The van der Waals surface area contributed by atoms with Crippen LogP contribution in [0.5, 0.6) is 0 Å². The lowest BCUT2D eigenvalue weighted by molar-refractivity contribution is 0.110. The number of aliphatic hydroxyl groups is 1. The molecule has 116 valence electrons. The summed E-state index contributed by atoms with van der Waals surface area (Å²) in [4.78, 5) is 14.5. The number of carbonyl (C=O) groups is 1. The summed E-state index contributed by atoms with van der Waals surface area (Å²) >= 11 is 0. The van der Waals surface area contributed by atoms with Gasteiger partial charge in [-0.15, -0.1) is 0 Å². The van der Waals surface area contributed by atoms with Crippen LogP contribution in [0.1, 0.15) is 30.2 Å². The van der Waals surface area contributed by atoms with Gasteiger partial charge in [0.1, 0.15) is 11.5 Å². The fourth-order valence-electron chi connectivity index (χ4n) is 1.61. The molecule has 6 heteroatoms. The van der Waals surface area contributed by atoms with Crippen molar-refractivity contribution in [3.05, 3.63) is 65.5 Å². The van der Waals surface area contributed by atoms with E-state index in [0.29, 0.717) is 28.9 Å². The number of rotatable bonds is 6. The maximum absolute atomic E-state index is 10.6. The Bertz CT molecular complexity index is 687. The number of guanidine groups is 1. The summed E-state index contributed by atoms with van der Waals surface area (Å²) in [6.07, 6.45) is 5.30. The first-order valence-electron chi connectivity index (χ1n) is 6.47. The van der Waals surface area contributed by atoms with E-state index in [1.165, 1.54) is 6.08 Å². The smallest absolute Gasteiger partial charge is 0.191 e. The molecular formula is C16H19N3O3. The number of carbonyl (C=O) groups excluding carboxylic acids is 1. The summed E-state index contributed by atoms with van der Waals surface area (Å²) in [6, 6.07) is 3.17. The van der Waals surface area contributed by atoms with Crippen LogP contribution in [0.3, 0.4) is 0 Å². The van der Waals surface area contributed by atoms with Gasteiger partial charge in [-0.25, -0.2) is 4.99 Å². The van der Waals surface area contributed by atoms with Gasteiger partial charge in [0.2, 0.25) is 0 Å². The maximum atomic E-state index is 10.6. The normalized spacial score (nSPS) is 12.9. The molecule has 0 aliphatic rings. The van der Waals surface area contributed by atoms with E-state index in [1.807, 2.05) is 0 Å². The summed E-state index contributed by atoms with van der Waals surface area (Å²) in [7, 11) is 0. The topological polar surface area (TPSA) is 115 Å². The molecule has 0 aromatic carbocycles. The summed E-state index contributed by atoms with van der Waals surface area (Å²) < 4.78 is 5.23. The lowest BCUT2D eigenvalue weighted by Gasteiger charge is -2.04. The number of furan rings is 1. The molecule has 0 aliphatic carbocycles. The minimum absolute atomic E-state index is 0.0126. The van der Waals surface area contributed by atoms with E-state index in [1.54, 1.807) is 38.1 Å². The van der Waals surface area contributed by atoms with Gasteiger partial charge < -0.3 is 21.0 Å². The van der Waals surface area contributed by atoms with E-state index in [-0.39, 0.29) is 17.5 Å². The third-order valence-electron chi connectivity index (χ3n) is 2.79. The summed E-state index contributed by atoms with van der Waals surface area (Å²) in [5.41, 5.74) is 12.1. The molecule has 0 saturated carbocycles. The molecule has 1 aromatic heterocycles. The van der Waals surface area contributed by atoms with E-state index in [9.17, 15) is 9.90 Å². The third kappa shape index (κ3) is 4.52. The maximum Gasteiger partial charge on any atom is 0.191 e. The van der Waals surface area contributed by atoms with Crippen LogP contribution in [0, 0.1) is 0 Å². The van der Waals surface area contributed by atoms with Crippen LogP contribution in [-0.2, 0) is 0 Å². The van der Waals surface area contributed by atoms with E-state index in [0.717, 1.165) is 0 Å². The molecule has 0 spiro atoms. The van der Waals surface area contributed by atoms with Gasteiger partial charge in [0.05, 0.1) is 5.70 Å². The van der Waals surface area contributed by atoms with Crippen LogP contribution in [0.25, 0.3) is 5.57 Å². The molecule has 0 saturated heterocycles. The molecule has 22 heavy (non-hydrogen) atoms. The first-order chi connectivity index (χ1) is 10.4. The van der Waals surface area contributed by atoms with E-state index in [4.69, 9.17) is 15.9 Å². The van der Waals surface area contributed by atoms with Crippen LogP contribution in [-0.4, -0.2) is 17.4 Å². The Morgan fingerprint density at radius 1 is 1.36 bits per heavy atom. The van der Waals surface area contributed by atoms with Gasteiger partial charge in [0.15, 0.2) is 18.0 Å². The Morgan fingerprint density at radius 3 is 2.55 bits per heavy atom. The molecule has 0 radical (unpaired) electrons. The number of aliphatic hydroxyl groups excluding tert-OH is 1. The average molecular weight is 301 g/mol.